The van der Waals surface area contributed by atoms with Gasteiger partial charge < -0.3 is 19.5 Å². The van der Waals surface area contributed by atoms with Gasteiger partial charge in [0.1, 0.15) is 23.1 Å². The van der Waals surface area contributed by atoms with Gasteiger partial charge in [0.15, 0.2) is 0 Å². The van der Waals surface area contributed by atoms with E-state index in [1.807, 2.05) is 11.0 Å². The highest BCUT2D eigenvalue weighted by Crippen LogP contribution is 2.33. The van der Waals surface area contributed by atoms with Gasteiger partial charge in [-0.1, -0.05) is 6.07 Å². The lowest BCUT2D eigenvalue weighted by Crippen LogP contribution is -2.32. The topological polar surface area (TPSA) is 59.0 Å². The first-order chi connectivity index (χ1) is 14.0. The molecule has 154 valence electrons. The predicted octanol–water partition coefficient (Wildman–Crippen LogP) is 4.38. The lowest BCUT2D eigenvalue weighted by molar-refractivity contribution is 0.0721. The highest BCUT2D eigenvalue weighted by atomic mass is 19.1. The van der Waals surface area contributed by atoms with Gasteiger partial charge in [0.05, 0.1) is 13.7 Å². The van der Waals surface area contributed by atoms with Crippen LogP contribution in [0, 0.1) is 17.7 Å². The summed E-state index contributed by atoms with van der Waals surface area (Å²) < 4.78 is 24.4. The predicted molar refractivity (Wildman–Crippen MR) is 107 cm³/mol. The van der Waals surface area contributed by atoms with Gasteiger partial charge in [0, 0.05) is 36.9 Å². The van der Waals surface area contributed by atoms with Crippen LogP contribution in [0.15, 0.2) is 36.4 Å². The van der Waals surface area contributed by atoms with Crippen molar-refractivity contribution in [1.82, 2.24) is 4.90 Å². The van der Waals surface area contributed by atoms with E-state index in [-0.39, 0.29) is 17.5 Å². The van der Waals surface area contributed by atoms with E-state index in [0.29, 0.717) is 42.0 Å². The second kappa shape index (κ2) is 8.31. The molecule has 1 N–H and O–H groups in total. The molecule has 2 aliphatic rings. The van der Waals surface area contributed by atoms with Crippen molar-refractivity contribution >= 4 is 5.91 Å². The summed E-state index contributed by atoms with van der Waals surface area (Å²) in [6.45, 7) is 1.94. The van der Waals surface area contributed by atoms with Crippen molar-refractivity contribution in [2.24, 2.45) is 11.8 Å². The van der Waals surface area contributed by atoms with Gasteiger partial charge in [-0.05, 0) is 55.2 Å². The molecule has 0 spiro atoms. The Balaban J connectivity index is 1.25. The van der Waals surface area contributed by atoms with Gasteiger partial charge in [-0.2, -0.15) is 0 Å². The maximum atomic E-state index is 13.6. The summed E-state index contributed by atoms with van der Waals surface area (Å²) in [6, 6.07) is 9.43. The van der Waals surface area contributed by atoms with E-state index in [0.717, 1.165) is 37.8 Å². The number of hydrogen-bond acceptors (Lipinski definition) is 4. The summed E-state index contributed by atoms with van der Waals surface area (Å²) in [5.41, 5.74) is 1.61. The Morgan fingerprint density at radius 1 is 1.07 bits per heavy atom. The number of ether oxygens (including phenoxy) is 2. The number of amides is 1. The van der Waals surface area contributed by atoms with Crippen molar-refractivity contribution in [3.63, 3.8) is 0 Å². The van der Waals surface area contributed by atoms with Crippen LogP contribution in [0.25, 0.3) is 0 Å². The molecule has 1 fully saturated rings. The number of fused-ring (bicyclic) bond motifs is 1. The second-order valence-corrected chi connectivity index (χ2v) is 8.05. The molecule has 0 unspecified atom stereocenters. The minimum atomic E-state index is -0.368. The summed E-state index contributed by atoms with van der Waals surface area (Å²) in [6.07, 6.45) is 4.16. The van der Waals surface area contributed by atoms with Crippen LogP contribution in [0.4, 0.5) is 4.39 Å². The first-order valence-corrected chi connectivity index (χ1v) is 10.1. The van der Waals surface area contributed by atoms with Crippen LogP contribution < -0.4 is 9.47 Å². The molecular weight excluding hydrogens is 373 g/mol. The zero-order valence-corrected chi connectivity index (χ0v) is 16.6. The number of benzene rings is 2. The summed E-state index contributed by atoms with van der Waals surface area (Å²) in [4.78, 5) is 14.5. The maximum Gasteiger partial charge on any atom is 0.254 e. The van der Waals surface area contributed by atoms with Crippen molar-refractivity contribution in [3.05, 3.63) is 53.3 Å². The normalized spacial score (nSPS) is 21.2. The number of carbonyl (C=O) groups excluding carboxylic acids is 1. The van der Waals surface area contributed by atoms with Gasteiger partial charge in [-0.15, -0.1) is 0 Å². The zero-order chi connectivity index (χ0) is 20.4. The van der Waals surface area contributed by atoms with Crippen molar-refractivity contribution in [1.29, 1.82) is 0 Å². The van der Waals surface area contributed by atoms with Crippen molar-refractivity contribution in [3.8, 4) is 17.2 Å². The third-order valence-corrected chi connectivity index (χ3v) is 5.98. The average Bonchev–Trinajstić information content (AvgIpc) is 3.02. The third-order valence-electron chi connectivity index (χ3n) is 5.98. The number of nitrogens with zero attached hydrogens (tertiary/aromatic N) is 1. The van der Waals surface area contributed by atoms with Crippen LogP contribution in [-0.2, 0) is 6.54 Å². The molecule has 2 aromatic carbocycles. The van der Waals surface area contributed by atoms with Gasteiger partial charge in [0.25, 0.3) is 5.91 Å². The molecule has 1 saturated carbocycles. The number of hydrogen-bond donors (Lipinski definition) is 1. The molecule has 1 aliphatic heterocycles. The number of rotatable bonds is 6. The Labute approximate surface area is 170 Å². The lowest BCUT2D eigenvalue weighted by Gasteiger charge is -2.31. The quantitative estimate of drug-likeness (QED) is 0.783. The Morgan fingerprint density at radius 3 is 2.55 bits per heavy atom. The van der Waals surface area contributed by atoms with E-state index in [1.165, 1.54) is 19.2 Å². The number of carbonyl (C=O) groups is 1. The van der Waals surface area contributed by atoms with E-state index >= 15 is 0 Å². The minimum absolute atomic E-state index is 0.0152. The fraction of sp³-hybridized carbons (Fsp3) is 0.435. The van der Waals surface area contributed by atoms with E-state index in [1.54, 1.807) is 18.2 Å². The summed E-state index contributed by atoms with van der Waals surface area (Å²) in [5.74, 6) is 1.64. The summed E-state index contributed by atoms with van der Waals surface area (Å²) in [7, 11) is 1.51. The molecule has 4 rings (SSSR count). The fourth-order valence-electron chi connectivity index (χ4n) is 4.34. The molecule has 1 heterocycles. The SMILES string of the molecule is COc1cc(F)cc(OC[C@H]2CC[C@H](CN3Cc4ccc(O)cc4C3=O)CC2)c1. The van der Waals surface area contributed by atoms with Gasteiger partial charge >= 0.3 is 0 Å². The van der Waals surface area contributed by atoms with Crippen LogP contribution in [0.5, 0.6) is 17.2 Å². The van der Waals surface area contributed by atoms with E-state index in [9.17, 15) is 14.3 Å². The molecule has 5 nitrogen and oxygen atoms in total. The van der Waals surface area contributed by atoms with Crippen LogP contribution >= 0.6 is 0 Å². The van der Waals surface area contributed by atoms with Gasteiger partial charge in [0.2, 0.25) is 0 Å². The summed E-state index contributed by atoms with van der Waals surface area (Å²) >= 11 is 0. The Morgan fingerprint density at radius 2 is 1.79 bits per heavy atom. The maximum absolute atomic E-state index is 13.6. The van der Waals surface area contributed by atoms with E-state index < -0.39 is 0 Å². The average molecular weight is 399 g/mol. The van der Waals surface area contributed by atoms with Gasteiger partial charge in [-0.25, -0.2) is 4.39 Å². The first kappa shape index (κ1) is 19.6. The highest BCUT2D eigenvalue weighted by molar-refractivity contribution is 5.98. The van der Waals surface area contributed by atoms with Crippen molar-refractivity contribution in [2.45, 2.75) is 32.2 Å². The van der Waals surface area contributed by atoms with Crippen LogP contribution in [-0.4, -0.2) is 36.2 Å². The Kier molecular flexibility index (Phi) is 5.60. The largest absolute Gasteiger partial charge is 0.508 e. The first-order valence-electron chi connectivity index (χ1n) is 10.1. The number of phenolic OH excluding ortho intramolecular Hbond substituents is 1. The molecule has 6 heteroatoms. The summed E-state index contributed by atoms with van der Waals surface area (Å²) in [5, 5.41) is 9.62. The van der Waals surface area contributed by atoms with E-state index in [4.69, 9.17) is 9.47 Å². The molecule has 0 radical (unpaired) electrons. The van der Waals surface area contributed by atoms with Crippen molar-refractivity contribution < 1.29 is 23.8 Å². The van der Waals surface area contributed by atoms with Crippen LogP contribution in [0.3, 0.4) is 0 Å². The zero-order valence-electron chi connectivity index (χ0n) is 16.6. The monoisotopic (exact) mass is 399 g/mol. The molecule has 0 bridgehead atoms. The molecule has 29 heavy (non-hydrogen) atoms. The smallest absolute Gasteiger partial charge is 0.254 e. The minimum Gasteiger partial charge on any atom is -0.508 e. The number of aromatic hydroxyl groups is 1. The molecule has 0 saturated heterocycles. The number of halogens is 1. The number of methoxy groups -OCH3 is 1. The van der Waals surface area contributed by atoms with Crippen LogP contribution in [0.2, 0.25) is 0 Å². The van der Waals surface area contributed by atoms with Gasteiger partial charge in [-0.3, -0.25) is 4.79 Å². The van der Waals surface area contributed by atoms with Crippen LogP contribution in [0.1, 0.15) is 41.6 Å². The molecule has 0 atom stereocenters. The van der Waals surface area contributed by atoms with E-state index in [2.05, 4.69) is 0 Å². The Hall–Kier alpha value is -2.76. The molecule has 1 aliphatic carbocycles. The molecule has 1 amide bonds. The molecule has 2 aromatic rings. The standard InChI is InChI=1S/C23H26FNO4/c1-28-20-8-18(24)9-21(11-20)29-14-16-4-2-15(3-5-16)12-25-13-17-6-7-19(26)10-22(17)23(25)27/h6-11,15-16,26H,2-5,12-14H2,1H3/t15-,16-. The highest BCUT2D eigenvalue weighted by Gasteiger charge is 2.31. The lowest BCUT2D eigenvalue weighted by atomic mass is 9.82. The molecule has 0 aromatic heterocycles. The second-order valence-electron chi connectivity index (χ2n) is 8.05. The molecular formula is C23H26FNO4. The van der Waals surface area contributed by atoms with Crippen molar-refractivity contribution in [2.75, 3.05) is 20.3 Å². The Bertz CT molecular complexity index is 892. The fourth-order valence-corrected chi connectivity index (χ4v) is 4.34. The number of phenols is 1. The third kappa shape index (κ3) is 4.47.